The number of rotatable bonds is 5. The van der Waals surface area contributed by atoms with Gasteiger partial charge in [-0.25, -0.2) is 13.2 Å². The summed E-state index contributed by atoms with van der Waals surface area (Å²) in [6.45, 7) is -0.478. The van der Waals surface area contributed by atoms with Gasteiger partial charge in [-0.2, -0.15) is 0 Å². The molecule has 1 heterocycles. The van der Waals surface area contributed by atoms with Crippen LogP contribution in [0.4, 0.5) is 11.4 Å². The highest BCUT2D eigenvalue weighted by atomic mass is 32.2. The molecular weight excluding hydrogens is 368 g/mol. The average molecular weight is 388 g/mol. The molecule has 1 aliphatic rings. The number of nitrogens with zero attached hydrogens (tertiary/aromatic N) is 1. The van der Waals surface area contributed by atoms with Crippen molar-refractivity contribution in [3.05, 3.63) is 60.2 Å². The summed E-state index contributed by atoms with van der Waals surface area (Å²) in [7, 11) is -3.17. The first-order chi connectivity index (χ1) is 12.9. The minimum absolute atomic E-state index is 0.0412. The number of anilines is 2. The molecule has 2 aromatic carbocycles. The van der Waals surface area contributed by atoms with Crippen LogP contribution in [0.25, 0.3) is 0 Å². The van der Waals surface area contributed by atoms with Crippen molar-refractivity contribution < 1.29 is 22.7 Å². The third-order valence-corrected chi connectivity index (χ3v) is 6.10. The Morgan fingerprint density at radius 3 is 2.33 bits per heavy atom. The third-order valence-electron chi connectivity index (χ3n) is 4.35. The van der Waals surface area contributed by atoms with E-state index in [2.05, 4.69) is 0 Å². The predicted octanol–water partition coefficient (Wildman–Crippen LogP) is 1.65. The molecule has 142 valence electrons. The van der Waals surface area contributed by atoms with Crippen molar-refractivity contribution in [1.29, 1.82) is 0 Å². The molecular formula is C19H20N2O5S. The van der Waals surface area contributed by atoms with E-state index in [1.165, 1.54) is 17.0 Å². The first-order valence-electron chi connectivity index (χ1n) is 8.46. The van der Waals surface area contributed by atoms with Crippen LogP contribution in [-0.4, -0.2) is 44.4 Å². The Balaban J connectivity index is 1.73. The summed E-state index contributed by atoms with van der Waals surface area (Å²) in [5, 5.41) is 0. The Labute approximate surface area is 157 Å². The van der Waals surface area contributed by atoms with Gasteiger partial charge in [0.25, 0.3) is 5.91 Å². The highest BCUT2D eigenvalue weighted by molar-refractivity contribution is 7.91. The fourth-order valence-corrected chi connectivity index (χ4v) is 4.73. The van der Waals surface area contributed by atoms with Gasteiger partial charge in [-0.3, -0.25) is 4.79 Å². The SMILES string of the molecule is Nc1ccc(C(=O)OCC(=O)N(c2ccccc2)[C@H]2CCS(=O)(=O)C2)cc1. The molecule has 27 heavy (non-hydrogen) atoms. The van der Waals surface area contributed by atoms with Crippen LogP contribution < -0.4 is 10.6 Å². The topological polar surface area (TPSA) is 107 Å². The van der Waals surface area contributed by atoms with Crippen molar-refractivity contribution in [2.75, 3.05) is 28.7 Å². The lowest BCUT2D eigenvalue weighted by molar-refractivity contribution is -0.122. The smallest absolute Gasteiger partial charge is 0.338 e. The Bertz CT molecular complexity index is 926. The average Bonchev–Trinajstić information content (AvgIpc) is 3.00. The maximum atomic E-state index is 12.8. The fraction of sp³-hybridized carbons (Fsp3) is 0.263. The number of hydrogen-bond acceptors (Lipinski definition) is 6. The second-order valence-corrected chi connectivity index (χ2v) is 8.58. The van der Waals surface area contributed by atoms with Crippen molar-refractivity contribution in [3.8, 4) is 0 Å². The Hall–Kier alpha value is -2.87. The monoisotopic (exact) mass is 388 g/mol. The summed E-state index contributed by atoms with van der Waals surface area (Å²) < 4.78 is 28.8. The molecule has 7 nitrogen and oxygen atoms in total. The van der Waals surface area contributed by atoms with Crippen LogP contribution >= 0.6 is 0 Å². The molecule has 0 radical (unpaired) electrons. The zero-order chi connectivity index (χ0) is 19.4. The summed E-state index contributed by atoms with van der Waals surface area (Å²) in [6, 6.07) is 14.5. The van der Waals surface area contributed by atoms with Crippen LogP contribution in [0.15, 0.2) is 54.6 Å². The number of benzene rings is 2. The van der Waals surface area contributed by atoms with E-state index in [1.807, 2.05) is 0 Å². The molecule has 0 unspecified atom stereocenters. The van der Waals surface area contributed by atoms with Crippen LogP contribution in [-0.2, 0) is 19.4 Å². The number of hydrogen-bond donors (Lipinski definition) is 1. The van der Waals surface area contributed by atoms with Gasteiger partial charge in [0.2, 0.25) is 0 Å². The molecule has 1 aliphatic heterocycles. The lowest BCUT2D eigenvalue weighted by Gasteiger charge is -2.28. The van der Waals surface area contributed by atoms with E-state index in [1.54, 1.807) is 42.5 Å². The Kier molecular flexibility index (Phi) is 5.46. The molecule has 0 spiro atoms. The molecule has 0 saturated carbocycles. The highest BCUT2D eigenvalue weighted by Crippen LogP contribution is 2.24. The third kappa shape index (κ3) is 4.65. The lowest BCUT2D eigenvalue weighted by atomic mass is 10.2. The largest absolute Gasteiger partial charge is 0.452 e. The summed E-state index contributed by atoms with van der Waals surface area (Å²) in [5.74, 6) is -1.17. The van der Waals surface area contributed by atoms with E-state index in [0.717, 1.165) is 0 Å². The minimum Gasteiger partial charge on any atom is -0.452 e. The number of sulfone groups is 1. The predicted molar refractivity (Wildman–Crippen MR) is 102 cm³/mol. The van der Waals surface area contributed by atoms with E-state index >= 15 is 0 Å². The van der Waals surface area contributed by atoms with E-state index in [9.17, 15) is 18.0 Å². The number of esters is 1. The van der Waals surface area contributed by atoms with Crippen LogP contribution in [0.2, 0.25) is 0 Å². The van der Waals surface area contributed by atoms with E-state index in [-0.39, 0.29) is 17.1 Å². The molecule has 0 aromatic heterocycles. The molecule has 2 N–H and O–H groups in total. The van der Waals surface area contributed by atoms with Crippen molar-refractivity contribution in [3.63, 3.8) is 0 Å². The maximum absolute atomic E-state index is 12.8. The van der Waals surface area contributed by atoms with Gasteiger partial charge in [-0.05, 0) is 42.8 Å². The fourth-order valence-electron chi connectivity index (χ4n) is 3.03. The van der Waals surface area contributed by atoms with E-state index < -0.39 is 34.4 Å². The molecule has 1 amide bonds. The molecule has 8 heteroatoms. The van der Waals surface area contributed by atoms with Crippen molar-refractivity contribution in [2.24, 2.45) is 0 Å². The van der Waals surface area contributed by atoms with Gasteiger partial charge in [0.05, 0.1) is 23.1 Å². The zero-order valence-electron chi connectivity index (χ0n) is 14.6. The molecule has 1 fully saturated rings. The van der Waals surface area contributed by atoms with E-state index in [4.69, 9.17) is 10.5 Å². The summed E-state index contributed by atoms with van der Waals surface area (Å²) in [4.78, 5) is 26.3. The standard InChI is InChI=1S/C19H20N2O5S/c20-15-8-6-14(7-9-15)19(23)26-12-18(22)21(16-4-2-1-3-5-16)17-10-11-27(24,25)13-17/h1-9,17H,10-13,20H2/t17-/m0/s1. The van der Waals surface area contributed by atoms with Crippen LogP contribution in [0.5, 0.6) is 0 Å². The summed E-state index contributed by atoms with van der Waals surface area (Å²) in [6.07, 6.45) is 0.356. The molecule has 2 aromatic rings. The number of nitrogens with two attached hydrogens (primary N) is 1. The first-order valence-corrected chi connectivity index (χ1v) is 10.3. The van der Waals surface area contributed by atoms with Crippen molar-refractivity contribution >= 4 is 33.1 Å². The summed E-state index contributed by atoms with van der Waals surface area (Å²) in [5.41, 5.74) is 6.96. The molecule has 0 bridgehead atoms. The number of carbonyl (C=O) groups is 2. The van der Waals surface area contributed by atoms with Gasteiger partial charge in [0.1, 0.15) is 0 Å². The lowest BCUT2D eigenvalue weighted by Crippen LogP contribution is -2.43. The first kappa shape index (κ1) is 18.9. The quantitative estimate of drug-likeness (QED) is 0.616. The minimum atomic E-state index is -3.17. The number of para-hydroxylation sites is 1. The number of amides is 1. The zero-order valence-corrected chi connectivity index (χ0v) is 15.4. The molecule has 1 atom stereocenters. The Morgan fingerprint density at radius 2 is 1.74 bits per heavy atom. The van der Waals surface area contributed by atoms with Crippen LogP contribution in [0.3, 0.4) is 0 Å². The second kappa shape index (κ2) is 7.79. The van der Waals surface area contributed by atoms with Gasteiger partial charge in [0.15, 0.2) is 16.4 Å². The van der Waals surface area contributed by atoms with Crippen LogP contribution in [0, 0.1) is 0 Å². The number of carbonyl (C=O) groups excluding carboxylic acids is 2. The Morgan fingerprint density at radius 1 is 1.07 bits per heavy atom. The van der Waals surface area contributed by atoms with Gasteiger partial charge in [-0.1, -0.05) is 18.2 Å². The van der Waals surface area contributed by atoms with Gasteiger partial charge >= 0.3 is 5.97 Å². The number of nitrogen functional groups attached to an aromatic ring is 1. The van der Waals surface area contributed by atoms with Crippen LogP contribution in [0.1, 0.15) is 16.8 Å². The van der Waals surface area contributed by atoms with Gasteiger partial charge in [-0.15, -0.1) is 0 Å². The molecule has 1 saturated heterocycles. The molecule has 0 aliphatic carbocycles. The van der Waals surface area contributed by atoms with Crippen molar-refractivity contribution in [2.45, 2.75) is 12.5 Å². The molecule has 3 rings (SSSR count). The van der Waals surface area contributed by atoms with Gasteiger partial charge in [0, 0.05) is 11.4 Å². The maximum Gasteiger partial charge on any atom is 0.338 e. The highest BCUT2D eigenvalue weighted by Gasteiger charge is 2.35. The second-order valence-electron chi connectivity index (χ2n) is 6.35. The van der Waals surface area contributed by atoms with Crippen molar-refractivity contribution in [1.82, 2.24) is 0 Å². The summed E-state index contributed by atoms with van der Waals surface area (Å²) >= 11 is 0. The number of ether oxygens (including phenoxy) is 1. The normalized spacial score (nSPS) is 18.0. The van der Waals surface area contributed by atoms with E-state index in [0.29, 0.717) is 17.8 Å². The van der Waals surface area contributed by atoms with Gasteiger partial charge < -0.3 is 15.4 Å².